The van der Waals surface area contributed by atoms with E-state index >= 15 is 0 Å². The summed E-state index contributed by atoms with van der Waals surface area (Å²) in [7, 11) is 0. The Morgan fingerprint density at radius 3 is 2.54 bits per heavy atom. The molecule has 1 saturated carbocycles. The van der Waals surface area contributed by atoms with Crippen molar-refractivity contribution in [3.8, 4) is 0 Å². The molecule has 1 heterocycles. The first-order valence-corrected chi connectivity index (χ1v) is 9.48. The highest BCUT2D eigenvalue weighted by molar-refractivity contribution is 5.79. The summed E-state index contributed by atoms with van der Waals surface area (Å²) in [6.45, 7) is 9.77. The Labute approximate surface area is 146 Å². The van der Waals surface area contributed by atoms with Crippen LogP contribution in [0.25, 0.3) is 0 Å². The number of benzene rings is 1. The van der Waals surface area contributed by atoms with Crippen LogP contribution in [0.5, 0.6) is 0 Å². The number of nitrogens with zero attached hydrogens (tertiary/aromatic N) is 1. The molecule has 0 spiro atoms. The number of esters is 1. The van der Waals surface area contributed by atoms with Gasteiger partial charge in [0.1, 0.15) is 12.1 Å². The van der Waals surface area contributed by atoms with E-state index in [-0.39, 0.29) is 24.2 Å². The zero-order valence-corrected chi connectivity index (χ0v) is 15.4. The Balaban J connectivity index is 1.57. The first-order valence-electron chi connectivity index (χ1n) is 9.48. The van der Waals surface area contributed by atoms with Crippen LogP contribution in [-0.4, -0.2) is 29.6 Å². The summed E-state index contributed by atoms with van der Waals surface area (Å²) in [4.78, 5) is 14.9. The lowest BCUT2D eigenvalue weighted by Gasteiger charge is -2.36. The molecule has 2 fully saturated rings. The van der Waals surface area contributed by atoms with Gasteiger partial charge in [-0.25, -0.2) is 0 Å². The topological polar surface area (TPSA) is 29.3 Å². The number of carbonyl (C=O) groups is 1. The number of hydrogen-bond acceptors (Lipinski definition) is 3. The lowest BCUT2D eigenvalue weighted by atomic mass is 9.75. The van der Waals surface area contributed by atoms with E-state index in [0.717, 1.165) is 13.0 Å². The predicted molar refractivity (Wildman–Crippen MR) is 96.6 cm³/mol. The number of ether oxygens (including phenoxy) is 1. The van der Waals surface area contributed by atoms with Crippen molar-refractivity contribution < 1.29 is 9.53 Å². The lowest BCUT2D eigenvalue weighted by Crippen LogP contribution is -2.37. The molecule has 1 aliphatic carbocycles. The van der Waals surface area contributed by atoms with Gasteiger partial charge in [-0.2, -0.15) is 0 Å². The molecular formula is C21H31NO2. The summed E-state index contributed by atoms with van der Waals surface area (Å²) >= 11 is 0. The average Bonchev–Trinajstić information content (AvgIpc) is 3.35. The Morgan fingerprint density at radius 1 is 1.17 bits per heavy atom. The molecule has 3 nitrogen and oxygen atoms in total. The second-order valence-electron chi connectivity index (χ2n) is 8.10. The number of carbonyl (C=O) groups excluding carboxylic acids is 1. The Hall–Kier alpha value is -1.35. The Morgan fingerprint density at radius 2 is 1.88 bits per heavy atom. The Kier molecular flexibility index (Phi) is 5.29. The molecule has 6 atom stereocenters. The van der Waals surface area contributed by atoms with Gasteiger partial charge in [-0.05, 0) is 43.1 Å². The van der Waals surface area contributed by atoms with Gasteiger partial charge in [-0.1, -0.05) is 57.5 Å². The summed E-state index contributed by atoms with van der Waals surface area (Å²) in [5.74, 6) is 1.75. The monoisotopic (exact) mass is 329 g/mol. The Bertz CT molecular complexity index is 556. The molecule has 1 saturated heterocycles. The normalized spacial score (nSPS) is 34.0. The predicted octanol–water partition coefficient (Wildman–Crippen LogP) is 4.44. The van der Waals surface area contributed by atoms with Gasteiger partial charge in [0, 0.05) is 12.6 Å². The lowest BCUT2D eigenvalue weighted by molar-refractivity contribution is -0.156. The van der Waals surface area contributed by atoms with Crippen molar-refractivity contribution >= 4 is 5.97 Å². The quantitative estimate of drug-likeness (QED) is 0.591. The standard InChI is InChI=1S/C21H31NO2/c1-14(2)18-11-10-15(3)12-20(18)24-21(23)19-13-22(19)16(4)17-8-6-5-7-9-17/h5-9,14-16,18-20H,10-13H2,1-4H3/t15-,16-,18+,19-,20-,22?/m1/s1. The van der Waals surface area contributed by atoms with Crippen molar-refractivity contribution in [1.29, 1.82) is 0 Å². The highest BCUT2D eigenvalue weighted by Crippen LogP contribution is 2.37. The molecule has 0 aromatic heterocycles. The average molecular weight is 329 g/mol. The van der Waals surface area contributed by atoms with Crippen molar-refractivity contribution in [3.63, 3.8) is 0 Å². The maximum Gasteiger partial charge on any atom is 0.325 e. The SMILES string of the molecule is CC(C)[C@@H]1CC[C@@H](C)C[C@H]1OC(=O)[C@H]1CN1[C@H](C)c1ccccc1. The van der Waals surface area contributed by atoms with Crippen LogP contribution in [0.15, 0.2) is 30.3 Å². The van der Waals surface area contributed by atoms with Gasteiger partial charge < -0.3 is 4.74 Å². The molecule has 24 heavy (non-hydrogen) atoms. The molecule has 3 rings (SSSR count). The van der Waals surface area contributed by atoms with Crippen LogP contribution < -0.4 is 0 Å². The van der Waals surface area contributed by atoms with E-state index in [2.05, 4.69) is 56.9 Å². The number of hydrogen-bond donors (Lipinski definition) is 0. The minimum Gasteiger partial charge on any atom is -0.461 e. The highest BCUT2D eigenvalue weighted by atomic mass is 16.5. The van der Waals surface area contributed by atoms with E-state index in [0.29, 0.717) is 17.8 Å². The minimum absolute atomic E-state index is 0.0115. The zero-order valence-electron chi connectivity index (χ0n) is 15.4. The third kappa shape index (κ3) is 3.83. The van der Waals surface area contributed by atoms with Crippen LogP contribution in [0.4, 0.5) is 0 Å². The van der Waals surface area contributed by atoms with Crippen molar-refractivity contribution in [2.45, 2.75) is 65.1 Å². The summed E-state index contributed by atoms with van der Waals surface area (Å²) in [5.41, 5.74) is 1.26. The molecule has 132 valence electrons. The third-order valence-electron chi connectivity index (χ3n) is 5.93. The van der Waals surface area contributed by atoms with Gasteiger partial charge in [0.25, 0.3) is 0 Å². The molecule has 1 unspecified atom stereocenters. The summed E-state index contributed by atoms with van der Waals surface area (Å²) in [6, 6.07) is 10.6. The smallest absolute Gasteiger partial charge is 0.325 e. The van der Waals surface area contributed by atoms with Crippen molar-refractivity contribution in [1.82, 2.24) is 4.90 Å². The molecule has 0 radical (unpaired) electrons. The largest absolute Gasteiger partial charge is 0.461 e. The summed E-state index contributed by atoms with van der Waals surface area (Å²) < 4.78 is 6.00. The molecule has 1 aromatic rings. The first kappa shape index (κ1) is 17.5. The fraction of sp³-hybridized carbons (Fsp3) is 0.667. The maximum atomic E-state index is 12.6. The van der Waals surface area contributed by atoms with Crippen LogP contribution in [0, 0.1) is 17.8 Å². The van der Waals surface area contributed by atoms with E-state index in [1.54, 1.807) is 0 Å². The van der Waals surface area contributed by atoms with Crippen molar-refractivity contribution in [2.24, 2.45) is 17.8 Å². The van der Waals surface area contributed by atoms with Crippen LogP contribution in [0.3, 0.4) is 0 Å². The minimum atomic E-state index is -0.0507. The van der Waals surface area contributed by atoms with Crippen molar-refractivity contribution in [2.75, 3.05) is 6.54 Å². The molecular weight excluding hydrogens is 298 g/mol. The first-order chi connectivity index (χ1) is 11.5. The third-order valence-corrected chi connectivity index (χ3v) is 5.93. The second-order valence-corrected chi connectivity index (χ2v) is 8.10. The fourth-order valence-electron chi connectivity index (χ4n) is 4.19. The van der Waals surface area contributed by atoms with Gasteiger partial charge >= 0.3 is 5.97 Å². The molecule has 1 aliphatic heterocycles. The van der Waals surface area contributed by atoms with E-state index < -0.39 is 0 Å². The second kappa shape index (κ2) is 7.26. The number of rotatable bonds is 5. The van der Waals surface area contributed by atoms with E-state index in [4.69, 9.17) is 4.74 Å². The van der Waals surface area contributed by atoms with Crippen molar-refractivity contribution in [3.05, 3.63) is 35.9 Å². The summed E-state index contributed by atoms with van der Waals surface area (Å²) in [6.07, 6.45) is 3.58. The highest BCUT2D eigenvalue weighted by Gasteiger charge is 2.46. The van der Waals surface area contributed by atoms with Crippen LogP contribution in [-0.2, 0) is 9.53 Å². The van der Waals surface area contributed by atoms with Gasteiger partial charge in [-0.15, -0.1) is 0 Å². The fourth-order valence-corrected chi connectivity index (χ4v) is 4.19. The van der Waals surface area contributed by atoms with Gasteiger partial charge in [0.2, 0.25) is 0 Å². The van der Waals surface area contributed by atoms with Gasteiger partial charge in [0.15, 0.2) is 0 Å². The zero-order chi connectivity index (χ0) is 17.3. The van der Waals surface area contributed by atoms with E-state index in [9.17, 15) is 4.79 Å². The van der Waals surface area contributed by atoms with Gasteiger partial charge in [-0.3, -0.25) is 9.69 Å². The van der Waals surface area contributed by atoms with Crippen LogP contribution in [0.2, 0.25) is 0 Å². The molecule has 0 amide bonds. The molecule has 2 aliphatic rings. The molecule has 1 aromatic carbocycles. The molecule has 3 heteroatoms. The molecule has 0 bridgehead atoms. The van der Waals surface area contributed by atoms with E-state index in [1.165, 1.54) is 18.4 Å². The van der Waals surface area contributed by atoms with Gasteiger partial charge in [0.05, 0.1) is 0 Å². The van der Waals surface area contributed by atoms with Crippen LogP contribution >= 0.6 is 0 Å². The van der Waals surface area contributed by atoms with E-state index in [1.807, 2.05) is 6.07 Å². The molecule has 0 N–H and O–H groups in total. The van der Waals surface area contributed by atoms with Crippen LogP contribution in [0.1, 0.15) is 58.6 Å². The maximum absolute atomic E-state index is 12.6. The summed E-state index contributed by atoms with van der Waals surface area (Å²) in [5, 5.41) is 0.